The van der Waals surface area contributed by atoms with Gasteiger partial charge in [-0.3, -0.25) is 4.98 Å². The first-order chi connectivity index (χ1) is 12.3. The Morgan fingerprint density at radius 2 is 2.24 bits per heavy atom. The Balaban J connectivity index is 1.68. The van der Waals surface area contributed by atoms with Crippen LogP contribution in [0, 0.1) is 0 Å². The van der Waals surface area contributed by atoms with Crippen LogP contribution < -0.4 is 5.32 Å². The molecule has 0 aromatic carbocycles. The maximum Gasteiger partial charge on any atom is 0.170 e. The lowest BCUT2D eigenvalue weighted by molar-refractivity contribution is 0.0954. The summed E-state index contributed by atoms with van der Waals surface area (Å²) in [6.45, 7) is 4.80. The molecule has 5 nitrogen and oxygen atoms in total. The van der Waals surface area contributed by atoms with Gasteiger partial charge in [-0.15, -0.1) is 0 Å². The van der Waals surface area contributed by atoms with Crippen molar-refractivity contribution >= 4 is 17.3 Å². The summed E-state index contributed by atoms with van der Waals surface area (Å²) in [5.74, 6) is 0. The third kappa shape index (κ3) is 3.16. The molecule has 2 aliphatic heterocycles. The molecule has 0 saturated carbocycles. The molecule has 2 fully saturated rings. The number of hydrogen-bond acceptors (Lipinski definition) is 3. The lowest BCUT2D eigenvalue weighted by Crippen LogP contribution is -2.30. The summed E-state index contributed by atoms with van der Waals surface area (Å²) in [5.41, 5.74) is 2.29. The van der Waals surface area contributed by atoms with Crippen LogP contribution in [0.3, 0.4) is 0 Å². The molecule has 0 spiro atoms. The third-order valence-corrected chi connectivity index (χ3v) is 5.48. The van der Waals surface area contributed by atoms with Gasteiger partial charge in [0.25, 0.3) is 0 Å². The summed E-state index contributed by atoms with van der Waals surface area (Å²) in [7, 11) is 0. The van der Waals surface area contributed by atoms with Crippen LogP contribution in [-0.4, -0.2) is 38.8 Å². The molecule has 132 valence electrons. The number of pyridine rings is 1. The molecule has 2 aromatic rings. The Bertz CT molecular complexity index is 726. The second kappa shape index (κ2) is 7.14. The summed E-state index contributed by atoms with van der Waals surface area (Å²) in [6, 6.07) is 10.6. The summed E-state index contributed by atoms with van der Waals surface area (Å²) < 4.78 is 8.17. The second-order valence-electron chi connectivity index (χ2n) is 6.63. The first-order valence-corrected chi connectivity index (χ1v) is 9.43. The minimum Gasteiger partial charge on any atom is -0.376 e. The van der Waals surface area contributed by atoms with Crippen molar-refractivity contribution in [2.24, 2.45) is 0 Å². The van der Waals surface area contributed by atoms with E-state index in [1.54, 1.807) is 0 Å². The van der Waals surface area contributed by atoms with Crippen LogP contribution in [0.5, 0.6) is 0 Å². The number of thiocarbonyl (C=S) groups is 1. The average Bonchev–Trinajstić information content (AvgIpc) is 3.36. The zero-order valence-electron chi connectivity index (χ0n) is 14.5. The van der Waals surface area contributed by atoms with Crippen molar-refractivity contribution in [2.75, 3.05) is 13.2 Å². The first-order valence-electron chi connectivity index (χ1n) is 9.02. The minimum absolute atomic E-state index is 0.0618. The van der Waals surface area contributed by atoms with Crippen LogP contribution >= 0.6 is 12.2 Å². The van der Waals surface area contributed by atoms with Crippen molar-refractivity contribution < 1.29 is 4.74 Å². The fourth-order valence-corrected chi connectivity index (χ4v) is 4.31. The summed E-state index contributed by atoms with van der Waals surface area (Å²) >= 11 is 5.61. The molecule has 0 radical (unpaired) electrons. The normalized spacial score (nSPS) is 26.2. The largest absolute Gasteiger partial charge is 0.376 e. The number of nitrogens with one attached hydrogen (secondary N) is 1. The van der Waals surface area contributed by atoms with Crippen LogP contribution in [0.15, 0.2) is 42.7 Å². The summed E-state index contributed by atoms with van der Waals surface area (Å²) in [5, 5.41) is 4.28. The van der Waals surface area contributed by atoms with Crippen LogP contribution in [-0.2, 0) is 11.3 Å². The van der Waals surface area contributed by atoms with Gasteiger partial charge in [-0.25, -0.2) is 0 Å². The molecular formula is C19H24N4OS. The molecular weight excluding hydrogens is 332 g/mol. The lowest BCUT2D eigenvalue weighted by atomic mass is 10.0. The van der Waals surface area contributed by atoms with E-state index in [-0.39, 0.29) is 12.1 Å². The second-order valence-corrected chi connectivity index (χ2v) is 7.02. The molecule has 2 aliphatic rings. The number of aromatic nitrogens is 2. The smallest absolute Gasteiger partial charge is 0.170 e. The predicted molar refractivity (Wildman–Crippen MR) is 101 cm³/mol. The highest BCUT2D eigenvalue weighted by atomic mass is 32.1. The molecule has 2 saturated heterocycles. The molecule has 0 unspecified atom stereocenters. The van der Waals surface area contributed by atoms with Gasteiger partial charge in [0.05, 0.1) is 23.9 Å². The maximum atomic E-state index is 5.84. The van der Waals surface area contributed by atoms with Crippen molar-refractivity contribution in [1.82, 2.24) is 19.8 Å². The van der Waals surface area contributed by atoms with Crippen molar-refractivity contribution in [3.8, 4) is 0 Å². The molecule has 4 heterocycles. The third-order valence-electron chi connectivity index (χ3n) is 5.13. The van der Waals surface area contributed by atoms with Crippen LogP contribution in [0.25, 0.3) is 0 Å². The van der Waals surface area contributed by atoms with Crippen LogP contribution in [0.2, 0.25) is 0 Å². The SMILES string of the molecule is CCN1C(=S)N[C@H](c2ccccn2)[C@H]1c1cccn1C[C@H]1CCCO1. The van der Waals surface area contributed by atoms with Crippen molar-refractivity contribution in [3.63, 3.8) is 0 Å². The number of ether oxygens (including phenoxy) is 1. The lowest BCUT2D eigenvalue weighted by Gasteiger charge is -2.28. The van der Waals surface area contributed by atoms with Gasteiger partial charge >= 0.3 is 0 Å². The highest BCUT2D eigenvalue weighted by Crippen LogP contribution is 2.38. The molecule has 0 aliphatic carbocycles. The Hall–Kier alpha value is -1.92. The van der Waals surface area contributed by atoms with E-state index in [2.05, 4.69) is 51.1 Å². The molecule has 6 heteroatoms. The Labute approximate surface area is 154 Å². The van der Waals surface area contributed by atoms with Crippen LogP contribution in [0.1, 0.15) is 43.2 Å². The fourth-order valence-electron chi connectivity index (χ4n) is 3.94. The Kier molecular flexibility index (Phi) is 4.72. The standard InChI is InChI=1S/C19H24N4OS/c1-2-23-18(17(21-19(23)25)15-8-3-4-10-20-15)16-9-5-11-22(16)13-14-7-6-12-24-14/h3-5,8-11,14,17-18H,2,6-7,12-13H2,1H3,(H,21,25)/t14-,17-,18-/m1/s1. The van der Waals surface area contributed by atoms with Crippen molar-refractivity contribution in [2.45, 2.75) is 44.5 Å². The molecule has 25 heavy (non-hydrogen) atoms. The molecule has 2 aromatic heterocycles. The van der Waals surface area contributed by atoms with Gasteiger partial charge < -0.3 is 19.5 Å². The van der Waals surface area contributed by atoms with Crippen LogP contribution in [0.4, 0.5) is 0 Å². The van der Waals surface area contributed by atoms with Crippen molar-refractivity contribution in [1.29, 1.82) is 0 Å². The maximum absolute atomic E-state index is 5.84. The van der Waals surface area contributed by atoms with Gasteiger partial charge in [0.1, 0.15) is 0 Å². The molecule has 3 atom stereocenters. The summed E-state index contributed by atoms with van der Waals surface area (Å²) in [6.07, 6.45) is 6.61. The first kappa shape index (κ1) is 16.5. The van der Waals surface area contributed by atoms with Gasteiger partial charge in [0.2, 0.25) is 0 Å². The highest BCUT2D eigenvalue weighted by molar-refractivity contribution is 7.80. The molecule has 1 N–H and O–H groups in total. The Morgan fingerprint density at radius 1 is 1.32 bits per heavy atom. The number of rotatable bonds is 5. The fraction of sp³-hybridized carbons (Fsp3) is 0.474. The van der Waals surface area contributed by atoms with Gasteiger partial charge in [-0.1, -0.05) is 6.07 Å². The molecule has 0 bridgehead atoms. The Morgan fingerprint density at radius 3 is 2.96 bits per heavy atom. The van der Waals surface area contributed by atoms with E-state index in [1.165, 1.54) is 5.69 Å². The number of likely N-dealkylation sites (N-methyl/N-ethyl adjacent to an activating group) is 1. The predicted octanol–water partition coefficient (Wildman–Crippen LogP) is 3.05. The monoisotopic (exact) mass is 356 g/mol. The summed E-state index contributed by atoms with van der Waals surface area (Å²) in [4.78, 5) is 6.83. The van der Waals surface area contributed by atoms with E-state index in [1.807, 2.05) is 18.3 Å². The van der Waals surface area contributed by atoms with Gasteiger partial charge in [0, 0.05) is 37.8 Å². The van der Waals surface area contributed by atoms with E-state index in [0.29, 0.717) is 6.10 Å². The van der Waals surface area contributed by atoms with E-state index in [4.69, 9.17) is 17.0 Å². The van der Waals surface area contributed by atoms with E-state index in [9.17, 15) is 0 Å². The van der Waals surface area contributed by atoms with Gasteiger partial charge in [0.15, 0.2) is 5.11 Å². The zero-order chi connectivity index (χ0) is 17.2. The van der Waals surface area contributed by atoms with E-state index in [0.717, 1.165) is 43.3 Å². The average molecular weight is 356 g/mol. The highest BCUT2D eigenvalue weighted by Gasteiger charge is 2.40. The van der Waals surface area contributed by atoms with Crippen molar-refractivity contribution in [3.05, 3.63) is 54.1 Å². The minimum atomic E-state index is 0.0618. The number of hydrogen-bond donors (Lipinski definition) is 1. The topological polar surface area (TPSA) is 42.3 Å². The molecule has 0 amide bonds. The zero-order valence-corrected chi connectivity index (χ0v) is 15.3. The van der Waals surface area contributed by atoms with Gasteiger partial charge in [-0.05, 0) is 56.2 Å². The quantitative estimate of drug-likeness (QED) is 0.834. The number of nitrogens with zero attached hydrogens (tertiary/aromatic N) is 3. The van der Waals surface area contributed by atoms with E-state index >= 15 is 0 Å². The molecule has 4 rings (SSSR count). The van der Waals surface area contributed by atoms with E-state index < -0.39 is 0 Å². The van der Waals surface area contributed by atoms with Gasteiger partial charge in [-0.2, -0.15) is 0 Å².